The van der Waals surface area contributed by atoms with Crippen LogP contribution in [0.4, 0.5) is 10.5 Å². The zero-order chi connectivity index (χ0) is 31.8. The Balaban J connectivity index is 2.70. The Kier molecular flexibility index (Phi) is 12.6. The second kappa shape index (κ2) is 15.2. The van der Waals surface area contributed by atoms with Crippen molar-refractivity contribution in [1.82, 2.24) is 10.2 Å². The van der Waals surface area contributed by atoms with E-state index in [9.17, 15) is 14.4 Å². The minimum atomic E-state index is -0.908. The molecule has 0 radical (unpaired) electrons. The highest BCUT2D eigenvalue weighted by Crippen LogP contribution is 2.32. The molecule has 3 atom stereocenters. The standard InChI is InChI=1S/C35H53N3O4/c1-22(2)16-19-27(8)38(33(40)30(20-23(3)4)37-34(41)42-35(9,10)11)31(28-21-24(5)17-18-25(28)6)32(39)36-29-15-13-12-14-26(29)7/h12-15,17-18,21-23,27,30-31H,16,19-20H2,1-11H3,(H,36,39)(H,37,41). The summed E-state index contributed by atoms with van der Waals surface area (Å²) < 4.78 is 5.54. The first-order valence-electron chi connectivity index (χ1n) is 15.3. The van der Waals surface area contributed by atoms with Gasteiger partial charge in [0.05, 0.1) is 0 Å². The number of aryl methyl sites for hydroxylation is 3. The average molecular weight is 580 g/mol. The van der Waals surface area contributed by atoms with Gasteiger partial charge in [-0.05, 0) is 102 Å². The number of ether oxygens (including phenoxy) is 1. The molecule has 3 unspecified atom stereocenters. The Morgan fingerprint density at radius 2 is 1.50 bits per heavy atom. The second-order valence-corrected chi connectivity index (χ2v) is 13.5. The summed E-state index contributed by atoms with van der Waals surface area (Å²) in [6.07, 6.45) is 1.36. The van der Waals surface area contributed by atoms with Crippen molar-refractivity contribution < 1.29 is 19.1 Å². The first-order chi connectivity index (χ1) is 19.5. The maximum atomic E-state index is 14.7. The van der Waals surface area contributed by atoms with Crippen LogP contribution in [0.5, 0.6) is 0 Å². The van der Waals surface area contributed by atoms with Crippen LogP contribution in [0.3, 0.4) is 0 Å². The molecule has 0 saturated heterocycles. The van der Waals surface area contributed by atoms with E-state index in [1.165, 1.54) is 0 Å². The monoisotopic (exact) mass is 579 g/mol. The number of amides is 3. The molecular weight excluding hydrogens is 526 g/mol. The van der Waals surface area contributed by atoms with Gasteiger partial charge in [0.15, 0.2) is 0 Å². The van der Waals surface area contributed by atoms with E-state index in [1.54, 1.807) is 25.7 Å². The molecule has 0 spiro atoms. The molecule has 0 saturated carbocycles. The van der Waals surface area contributed by atoms with Crippen LogP contribution in [-0.4, -0.2) is 40.5 Å². The van der Waals surface area contributed by atoms with Gasteiger partial charge >= 0.3 is 6.09 Å². The van der Waals surface area contributed by atoms with E-state index in [0.717, 1.165) is 28.7 Å². The van der Waals surface area contributed by atoms with Gasteiger partial charge in [0.1, 0.15) is 17.7 Å². The number of alkyl carbamates (subject to hydrolysis) is 1. The molecule has 0 heterocycles. The first-order valence-corrected chi connectivity index (χ1v) is 15.3. The number of para-hydroxylation sites is 1. The van der Waals surface area contributed by atoms with Gasteiger partial charge in [-0.15, -0.1) is 0 Å². The van der Waals surface area contributed by atoms with E-state index >= 15 is 0 Å². The van der Waals surface area contributed by atoms with E-state index < -0.39 is 23.8 Å². The van der Waals surface area contributed by atoms with Gasteiger partial charge in [0.2, 0.25) is 5.91 Å². The fourth-order valence-corrected chi connectivity index (χ4v) is 5.02. The fraction of sp³-hybridized carbons (Fsp3) is 0.571. The van der Waals surface area contributed by atoms with Crippen molar-refractivity contribution in [3.8, 4) is 0 Å². The van der Waals surface area contributed by atoms with E-state index in [-0.39, 0.29) is 23.8 Å². The Morgan fingerprint density at radius 3 is 2.07 bits per heavy atom. The summed E-state index contributed by atoms with van der Waals surface area (Å²) in [4.78, 5) is 43.7. The van der Waals surface area contributed by atoms with E-state index in [4.69, 9.17) is 4.74 Å². The van der Waals surface area contributed by atoms with Crippen LogP contribution in [0.15, 0.2) is 42.5 Å². The molecule has 232 valence electrons. The van der Waals surface area contributed by atoms with Crippen LogP contribution in [0.1, 0.15) is 103 Å². The lowest BCUT2D eigenvalue weighted by Crippen LogP contribution is -2.55. The third kappa shape index (κ3) is 10.5. The number of hydrogen-bond acceptors (Lipinski definition) is 4. The van der Waals surface area contributed by atoms with Crippen LogP contribution < -0.4 is 10.6 Å². The predicted molar refractivity (Wildman–Crippen MR) is 171 cm³/mol. The summed E-state index contributed by atoms with van der Waals surface area (Å²) in [6, 6.07) is 11.6. The highest BCUT2D eigenvalue weighted by molar-refractivity contribution is 5.99. The largest absolute Gasteiger partial charge is 0.444 e. The fourth-order valence-electron chi connectivity index (χ4n) is 5.02. The zero-order valence-corrected chi connectivity index (χ0v) is 27.6. The maximum Gasteiger partial charge on any atom is 0.408 e. The first kappa shape index (κ1) is 34.8. The Bertz CT molecular complexity index is 1210. The van der Waals surface area contributed by atoms with Crippen molar-refractivity contribution in [2.24, 2.45) is 11.8 Å². The summed E-state index contributed by atoms with van der Waals surface area (Å²) in [5, 5.41) is 5.97. The van der Waals surface area contributed by atoms with Gasteiger partial charge in [-0.2, -0.15) is 0 Å². The SMILES string of the molecule is Cc1ccc(C)c(C(C(=O)Nc2ccccc2C)N(C(=O)C(CC(C)C)NC(=O)OC(C)(C)C)C(C)CCC(C)C)c1. The summed E-state index contributed by atoms with van der Waals surface area (Å²) in [7, 11) is 0. The van der Waals surface area contributed by atoms with Crippen LogP contribution in [0, 0.1) is 32.6 Å². The van der Waals surface area contributed by atoms with Crippen LogP contribution in [0.2, 0.25) is 0 Å². The van der Waals surface area contributed by atoms with Crippen molar-refractivity contribution in [2.45, 2.75) is 119 Å². The molecule has 2 aromatic rings. The van der Waals surface area contributed by atoms with Gasteiger partial charge in [-0.3, -0.25) is 9.59 Å². The topological polar surface area (TPSA) is 87.7 Å². The lowest BCUT2D eigenvalue weighted by atomic mass is 9.92. The van der Waals surface area contributed by atoms with Gasteiger partial charge in [-0.1, -0.05) is 69.7 Å². The number of hydrogen-bond donors (Lipinski definition) is 2. The van der Waals surface area contributed by atoms with Crippen LogP contribution in [0.25, 0.3) is 0 Å². The average Bonchev–Trinajstić information content (AvgIpc) is 2.86. The smallest absolute Gasteiger partial charge is 0.408 e. The van der Waals surface area contributed by atoms with Crippen molar-refractivity contribution in [2.75, 3.05) is 5.32 Å². The summed E-state index contributed by atoms with van der Waals surface area (Å²) in [5.41, 5.74) is 3.60. The molecule has 42 heavy (non-hydrogen) atoms. The molecular formula is C35H53N3O4. The number of nitrogens with zero attached hydrogens (tertiary/aromatic N) is 1. The Morgan fingerprint density at radius 1 is 0.857 bits per heavy atom. The Hall–Kier alpha value is -3.35. The quantitative estimate of drug-likeness (QED) is 0.268. The number of carbonyl (C=O) groups is 3. The summed E-state index contributed by atoms with van der Waals surface area (Å²) >= 11 is 0. The molecule has 2 rings (SSSR count). The minimum Gasteiger partial charge on any atom is -0.444 e. The van der Waals surface area contributed by atoms with Crippen molar-refractivity contribution in [1.29, 1.82) is 0 Å². The third-order valence-corrected chi connectivity index (χ3v) is 7.25. The van der Waals surface area contributed by atoms with Crippen molar-refractivity contribution in [3.05, 3.63) is 64.7 Å². The molecule has 0 aromatic heterocycles. The van der Waals surface area contributed by atoms with Crippen molar-refractivity contribution >= 4 is 23.6 Å². The van der Waals surface area contributed by atoms with E-state index in [1.807, 2.05) is 84.0 Å². The molecule has 2 aromatic carbocycles. The van der Waals surface area contributed by atoms with Crippen LogP contribution in [-0.2, 0) is 14.3 Å². The molecule has 0 fully saturated rings. The van der Waals surface area contributed by atoms with Gasteiger partial charge in [-0.25, -0.2) is 4.79 Å². The van der Waals surface area contributed by atoms with Crippen molar-refractivity contribution in [3.63, 3.8) is 0 Å². The highest BCUT2D eigenvalue weighted by atomic mass is 16.6. The second-order valence-electron chi connectivity index (χ2n) is 13.5. The molecule has 0 aliphatic heterocycles. The number of anilines is 1. The summed E-state index contributed by atoms with van der Waals surface area (Å²) in [5.74, 6) is -0.0441. The molecule has 0 bridgehead atoms. The van der Waals surface area contributed by atoms with Gasteiger partial charge < -0.3 is 20.3 Å². The number of benzene rings is 2. The van der Waals surface area contributed by atoms with Gasteiger partial charge in [0, 0.05) is 11.7 Å². The van der Waals surface area contributed by atoms with Gasteiger partial charge in [0.25, 0.3) is 5.91 Å². The zero-order valence-electron chi connectivity index (χ0n) is 27.6. The number of rotatable bonds is 12. The van der Waals surface area contributed by atoms with E-state index in [2.05, 4.69) is 24.5 Å². The molecule has 7 heteroatoms. The normalized spacial score (nSPS) is 13.8. The molecule has 2 N–H and O–H groups in total. The number of nitrogens with one attached hydrogen (secondary N) is 2. The lowest BCUT2D eigenvalue weighted by Gasteiger charge is -2.39. The minimum absolute atomic E-state index is 0.113. The third-order valence-electron chi connectivity index (χ3n) is 7.25. The molecule has 0 aliphatic rings. The molecule has 3 amide bonds. The number of carbonyl (C=O) groups excluding carboxylic acids is 3. The molecule has 0 aliphatic carbocycles. The summed E-state index contributed by atoms with van der Waals surface area (Å²) in [6.45, 7) is 21.6. The predicted octanol–water partition coefficient (Wildman–Crippen LogP) is 7.88. The lowest BCUT2D eigenvalue weighted by molar-refractivity contribution is -0.144. The van der Waals surface area contributed by atoms with E-state index in [0.29, 0.717) is 24.4 Å². The highest BCUT2D eigenvalue weighted by Gasteiger charge is 2.39. The Labute approximate surface area is 253 Å². The van der Waals surface area contributed by atoms with Crippen LogP contribution >= 0.6 is 0 Å². The molecule has 7 nitrogen and oxygen atoms in total. The maximum absolute atomic E-state index is 14.7.